The molecule has 116 valence electrons. The summed E-state index contributed by atoms with van der Waals surface area (Å²) in [7, 11) is 0. The van der Waals surface area contributed by atoms with Crippen LogP contribution in [0.1, 0.15) is 25.3 Å². The second-order valence-electron chi connectivity index (χ2n) is 6.22. The molecule has 0 aliphatic heterocycles. The van der Waals surface area contributed by atoms with Crippen molar-refractivity contribution >= 4 is 17.6 Å². The second kappa shape index (κ2) is 5.95. The van der Waals surface area contributed by atoms with Gasteiger partial charge in [-0.3, -0.25) is 9.59 Å². The zero-order valence-corrected chi connectivity index (χ0v) is 12.7. The van der Waals surface area contributed by atoms with Gasteiger partial charge in [0.05, 0.1) is 11.8 Å². The number of hydrogen-bond donors (Lipinski definition) is 2. The lowest BCUT2D eigenvalue weighted by atomic mass is 9.62. The monoisotopic (exact) mass is 299 g/mol. The van der Waals surface area contributed by atoms with Gasteiger partial charge in [0.1, 0.15) is 0 Å². The molecule has 0 saturated heterocycles. The topological polar surface area (TPSA) is 66.4 Å². The van der Waals surface area contributed by atoms with Crippen molar-refractivity contribution in [3.8, 4) is 0 Å². The van der Waals surface area contributed by atoms with E-state index in [0.29, 0.717) is 0 Å². The second-order valence-corrected chi connectivity index (χ2v) is 6.22. The first-order chi connectivity index (χ1) is 10.6. The number of hydrogen-bond acceptors (Lipinski definition) is 2. The van der Waals surface area contributed by atoms with Crippen LogP contribution in [0.3, 0.4) is 0 Å². The minimum atomic E-state index is -0.861. The van der Waals surface area contributed by atoms with E-state index in [2.05, 4.69) is 12.2 Å². The van der Waals surface area contributed by atoms with E-state index in [1.807, 2.05) is 36.4 Å². The van der Waals surface area contributed by atoms with Gasteiger partial charge in [-0.05, 0) is 48.8 Å². The quantitative estimate of drug-likeness (QED) is 0.840. The Bertz CT molecular complexity index is 605. The van der Waals surface area contributed by atoms with Gasteiger partial charge in [0.15, 0.2) is 0 Å². The highest BCUT2D eigenvalue weighted by atomic mass is 16.4. The van der Waals surface area contributed by atoms with Crippen LogP contribution in [-0.4, -0.2) is 17.0 Å². The van der Waals surface area contributed by atoms with E-state index < -0.39 is 17.8 Å². The van der Waals surface area contributed by atoms with Gasteiger partial charge in [-0.15, -0.1) is 0 Å². The predicted octanol–water partition coefficient (Wildman–Crippen LogP) is 3.10. The Balaban J connectivity index is 1.78. The first-order valence-corrected chi connectivity index (χ1v) is 7.91. The van der Waals surface area contributed by atoms with Gasteiger partial charge in [0.25, 0.3) is 0 Å². The van der Waals surface area contributed by atoms with E-state index in [0.717, 1.165) is 24.9 Å². The molecule has 0 aromatic heterocycles. The molecule has 1 fully saturated rings. The Hall–Kier alpha value is -2.10. The van der Waals surface area contributed by atoms with Crippen molar-refractivity contribution < 1.29 is 14.7 Å². The van der Waals surface area contributed by atoms with Gasteiger partial charge in [-0.1, -0.05) is 31.2 Å². The lowest BCUT2D eigenvalue weighted by molar-refractivity contribution is -0.151. The number of carboxylic acids is 1. The molecular weight excluding hydrogens is 278 g/mol. The van der Waals surface area contributed by atoms with E-state index in [4.69, 9.17) is 0 Å². The summed E-state index contributed by atoms with van der Waals surface area (Å²) in [6.07, 6.45) is 6.72. The van der Waals surface area contributed by atoms with Crippen LogP contribution in [0.15, 0.2) is 36.4 Å². The Labute approximate surface area is 130 Å². The normalized spacial score (nSPS) is 29.3. The molecule has 2 N–H and O–H groups in total. The summed E-state index contributed by atoms with van der Waals surface area (Å²) in [6, 6.07) is 7.72. The van der Waals surface area contributed by atoms with Crippen LogP contribution in [0.4, 0.5) is 5.69 Å². The Morgan fingerprint density at radius 3 is 2.18 bits per heavy atom. The first kappa shape index (κ1) is 14.8. The fraction of sp³-hybridized carbons (Fsp3) is 0.444. The summed E-state index contributed by atoms with van der Waals surface area (Å²) < 4.78 is 0. The highest BCUT2D eigenvalue weighted by molar-refractivity contribution is 5.96. The maximum Gasteiger partial charge on any atom is 0.307 e. The number of anilines is 1. The number of carboxylic acid groups (broad SMARTS) is 1. The highest BCUT2D eigenvalue weighted by Gasteiger charge is 2.48. The van der Waals surface area contributed by atoms with Gasteiger partial charge in [0.2, 0.25) is 5.91 Å². The van der Waals surface area contributed by atoms with Crippen LogP contribution in [0.5, 0.6) is 0 Å². The summed E-state index contributed by atoms with van der Waals surface area (Å²) in [6.45, 7) is 2.08. The fourth-order valence-electron chi connectivity index (χ4n) is 3.74. The maximum atomic E-state index is 12.6. The van der Waals surface area contributed by atoms with Gasteiger partial charge in [-0.25, -0.2) is 0 Å². The number of nitrogens with one attached hydrogen (secondary N) is 1. The predicted molar refractivity (Wildman–Crippen MR) is 84.4 cm³/mol. The van der Waals surface area contributed by atoms with Crippen molar-refractivity contribution in [3.05, 3.63) is 42.0 Å². The molecule has 3 aliphatic rings. The summed E-state index contributed by atoms with van der Waals surface area (Å²) in [5.74, 6) is -2.07. The number of carbonyl (C=O) groups is 2. The molecule has 0 heterocycles. The minimum absolute atomic E-state index is 0.0132. The van der Waals surface area contributed by atoms with E-state index in [-0.39, 0.29) is 17.7 Å². The van der Waals surface area contributed by atoms with E-state index in [9.17, 15) is 14.7 Å². The molecule has 4 unspecified atom stereocenters. The molecular formula is C18H21NO3. The van der Waals surface area contributed by atoms with Crippen LogP contribution in [0, 0.1) is 23.7 Å². The number of benzene rings is 1. The average Bonchev–Trinajstić information content (AvgIpc) is 2.55. The molecule has 1 aromatic rings. The SMILES string of the molecule is CCc1ccc(NC(=O)C2C3C=CC(CC3)C2C(=O)O)cc1. The summed E-state index contributed by atoms with van der Waals surface area (Å²) in [5, 5.41) is 12.4. The zero-order valence-electron chi connectivity index (χ0n) is 12.7. The Morgan fingerprint density at radius 1 is 1.09 bits per heavy atom. The minimum Gasteiger partial charge on any atom is -0.481 e. The summed E-state index contributed by atoms with van der Waals surface area (Å²) >= 11 is 0. The molecule has 4 nitrogen and oxygen atoms in total. The molecule has 4 heteroatoms. The van der Waals surface area contributed by atoms with E-state index >= 15 is 0 Å². The van der Waals surface area contributed by atoms with Gasteiger partial charge < -0.3 is 10.4 Å². The molecule has 4 atom stereocenters. The first-order valence-electron chi connectivity index (χ1n) is 7.91. The number of carbonyl (C=O) groups excluding carboxylic acids is 1. The van der Waals surface area contributed by atoms with Gasteiger partial charge >= 0.3 is 5.97 Å². The number of amides is 1. The molecule has 1 aromatic carbocycles. The number of aliphatic carboxylic acids is 1. The molecule has 4 rings (SSSR count). The molecule has 2 bridgehead atoms. The number of fused-ring (bicyclic) bond motifs is 2. The maximum absolute atomic E-state index is 12.6. The van der Waals surface area contributed by atoms with E-state index in [1.54, 1.807) is 0 Å². The Kier molecular flexibility index (Phi) is 4.01. The van der Waals surface area contributed by atoms with Crippen molar-refractivity contribution in [2.24, 2.45) is 23.7 Å². The van der Waals surface area contributed by atoms with Crippen molar-refractivity contribution in [2.45, 2.75) is 26.2 Å². The van der Waals surface area contributed by atoms with Crippen molar-refractivity contribution in [1.29, 1.82) is 0 Å². The molecule has 3 aliphatic carbocycles. The van der Waals surface area contributed by atoms with Crippen LogP contribution in [-0.2, 0) is 16.0 Å². The third-order valence-electron chi connectivity index (χ3n) is 4.97. The van der Waals surface area contributed by atoms with Crippen molar-refractivity contribution in [2.75, 3.05) is 5.32 Å². The molecule has 0 spiro atoms. The van der Waals surface area contributed by atoms with Crippen LogP contribution in [0.25, 0.3) is 0 Å². The molecule has 1 amide bonds. The third kappa shape index (κ3) is 2.65. The standard InChI is InChI=1S/C18H21NO3/c1-2-11-3-9-14(10-4-11)19-17(20)15-12-5-7-13(8-6-12)16(15)18(21)22/h3-5,7,9-10,12-13,15-16H,2,6,8H2,1H3,(H,19,20)(H,21,22). The number of aryl methyl sites for hydroxylation is 1. The van der Waals surface area contributed by atoms with E-state index in [1.165, 1.54) is 5.56 Å². The smallest absolute Gasteiger partial charge is 0.307 e. The molecule has 1 saturated carbocycles. The van der Waals surface area contributed by atoms with Crippen LogP contribution < -0.4 is 5.32 Å². The zero-order chi connectivity index (χ0) is 15.7. The van der Waals surface area contributed by atoms with Gasteiger partial charge in [0, 0.05) is 5.69 Å². The lowest BCUT2D eigenvalue weighted by Crippen LogP contribution is -2.47. The number of rotatable bonds is 4. The molecule has 22 heavy (non-hydrogen) atoms. The van der Waals surface area contributed by atoms with Crippen LogP contribution >= 0.6 is 0 Å². The molecule has 0 radical (unpaired) electrons. The lowest BCUT2D eigenvalue weighted by Gasteiger charge is -2.41. The fourth-order valence-corrected chi connectivity index (χ4v) is 3.74. The van der Waals surface area contributed by atoms with Crippen LogP contribution in [0.2, 0.25) is 0 Å². The highest BCUT2D eigenvalue weighted by Crippen LogP contribution is 2.45. The summed E-state index contributed by atoms with van der Waals surface area (Å²) in [4.78, 5) is 24.2. The third-order valence-corrected chi connectivity index (χ3v) is 4.97. The van der Waals surface area contributed by atoms with Gasteiger partial charge in [-0.2, -0.15) is 0 Å². The largest absolute Gasteiger partial charge is 0.481 e. The van der Waals surface area contributed by atoms with Crippen molar-refractivity contribution in [1.82, 2.24) is 0 Å². The Morgan fingerprint density at radius 2 is 1.68 bits per heavy atom. The summed E-state index contributed by atoms with van der Waals surface area (Å²) in [5.41, 5.74) is 1.94. The van der Waals surface area contributed by atoms with Crippen molar-refractivity contribution in [3.63, 3.8) is 0 Å². The number of allylic oxidation sites excluding steroid dienone is 2. The average molecular weight is 299 g/mol.